The number of hydrogen-bond acceptors (Lipinski definition) is 7. The van der Waals surface area contributed by atoms with Crippen molar-refractivity contribution in [2.45, 2.75) is 18.1 Å². The van der Waals surface area contributed by atoms with Crippen LogP contribution in [-0.4, -0.2) is 51.9 Å². The average Bonchev–Trinajstić information content (AvgIpc) is 3.37. The monoisotopic (exact) mass is 482 g/mol. The van der Waals surface area contributed by atoms with E-state index >= 15 is 13.2 Å². The van der Waals surface area contributed by atoms with Crippen LogP contribution in [0.1, 0.15) is 5.69 Å². The van der Waals surface area contributed by atoms with Gasteiger partial charge in [-0.05, 0) is 6.07 Å². The van der Waals surface area contributed by atoms with E-state index in [1.54, 1.807) is 6.20 Å². The third kappa shape index (κ3) is 3.19. The number of rotatable bonds is 5. The van der Waals surface area contributed by atoms with Gasteiger partial charge in [0.05, 0.1) is 55.5 Å². The summed E-state index contributed by atoms with van der Waals surface area (Å²) in [7, 11) is 0. The van der Waals surface area contributed by atoms with E-state index in [1.807, 2.05) is 0 Å². The molecule has 12 heteroatoms. The first kappa shape index (κ1) is 21.5. The highest BCUT2D eigenvalue weighted by Crippen LogP contribution is 2.62. The maximum atomic E-state index is 15.1. The van der Waals surface area contributed by atoms with E-state index in [0.717, 1.165) is 11.0 Å². The fourth-order valence-electron chi connectivity index (χ4n) is 5.14. The number of nitrogens with zero attached hydrogens (tertiary/aromatic N) is 6. The van der Waals surface area contributed by atoms with Crippen LogP contribution in [0.5, 0.6) is 0 Å². The number of cyclic esters (lactones) is 1. The summed E-state index contributed by atoms with van der Waals surface area (Å²) in [6.07, 6.45) is 2.61. The SMILES string of the molecule is N#CC1(c2ccc(-c3c(F)cc(N4C[C@H](Cn5ccnn5)OC4=O)c(F)c3F)cn2)C2COCC21. The molecule has 3 fully saturated rings. The Kier molecular flexibility index (Phi) is 4.79. The molecule has 3 atom stereocenters. The molecule has 35 heavy (non-hydrogen) atoms. The second-order valence-corrected chi connectivity index (χ2v) is 8.79. The van der Waals surface area contributed by atoms with Gasteiger partial charge in [0.15, 0.2) is 11.6 Å². The van der Waals surface area contributed by atoms with E-state index < -0.39 is 46.3 Å². The van der Waals surface area contributed by atoms with Crippen LogP contribution in [0.2, 0.25) is 0 Å². The van der Waals surface area contributed by atoms with Crippen molar-refractivity contribution in [3.63, 3.8) is 0 Å². The van der Waals surface area contributed by atoms with Crippen molar-refractivity contribution in [1.82, 2.24) is 20.0 Å². The number of benzene rings is 1. The van der Waals surface area contributed by atoms with Gasteiger partial charge in [-0.2, -0.15) is 5.26 Å². The molecule has 6 rings (SSSR count). The Balaban J connectivity index is 1.27. The van der Waals surface area contributed by atoms with Gasteiger partial charge in [-0.3, -0.25) is 9.88 Å². The molecule has 2 aliphatic heterocycles. The maximum Gasteiger partial charge on any atom is 0.414 e. The van der Waals surface area contributed by atoms with Crippen LogP contribution < -0.4 is 4.90 Å². The molecule has 178 valence electrons. The Hall–Kier alpha value is -3.98. The second-order valence-electron chi connectivity index (χ2n) is 8.79. The number of hydrogen-bond donors (Lipinski definition) is 0. The maximum absolute atomic E-state index is 15.1. The molecular formula is C23H17F3N6O3. The number of ether oxygens (including phenoxy) is 2. The quantitative estimate of drug-likeness (QED) is 0.515. The lowest BCUT2D eigenvalue weighted by atomic mass is 9.96. The Morgan fingerprint density at radius 1 is 1.20 bits per heavy atom. The first-order chi connectivity index (χ1) is 16.9. The molecule has 4 heterocycles. The smallest absolute Gasteiger partial charge is 0.414 e. The third-order valence-corrected chi connectivity index (χ3v) is 6.97. The summed E-state index contributed by atoms with van der Waals surface area (Å²) in [6.45, 7) is 0.974. The molecule has 3 aliphatic rings. The molecular weight excluding hydrogens is 465 g/mol. The number of nitriles is 1. The fraction of sp³-hybridized carbons (Fsp3) is 0.348. The molecule has 0 spiro atoms. The molecule has 1 amide bonds. The van der Waals surface area contributed by atoms with Gasteiger partial charge in [-0.25, -0.2) is 22.6 Å². The van der Waals surface area contributed by atoms with Gasteiger partial charge in [0.1, 0.15) is 17.3 Å². The number of fused-ring (bicyclic) bond motifs is 1. The van der Waals surface area contributed by atoms with E-state index in [0.29, 0.717) is 18.9 Å². The molecule has 0 N–H and O–H groups in total. The fourth-order valence-corrected chi connectivity index (χ4v) is 5.14. The number of amides is 1. The van der Waals surface area contributed by atoms with Crippen LogP contribution in [0.25, 0.3) is 11.1 Å². The van der Waals surface area contributed by atoms with Gasteiger partial charge in [0, 0.05) is 35.9 Å². The Morgan fingerprint density at radius 3 is 2.66 bits per heavy atom. The molecule has 0 bridgehead atoms. The number of anilines is 1. The van der Waals surface area contributed by atoms with Crippen LogP contribution in [-0.2, 0) is 21.4 Å². The summed E-state index contributed by atoms with van der Waals surface area (Å²) in [5.74, 6) is -3.80. The van der Waals surface area contributed by atoms with Crippen LogP contribution in [0.15, 0.2) is 36.8 Å². The topological polar surface area (TPSA) is 106 Å². The van der Waals surface area contributed by atoms with Crippen molar-refractivity contribution in [3.05, 3.63) is 59.9 Å². The van der Waals surface area contributed by atoms with E-state index in [9.17, 15) is 10.1 Å². The minimum absolute atomic E-state index is 0.0115. The first-order valence-corrected chi connectivity index (χ1v) is 10.9. The number of carbonyl (C=O) groups excluding carboxylic acids is 1. The zero-order valence-electron chi connectivity index (χ0n) is 18.1. The van der Waals surface area contributed by atoms with Crippen molar-refractivity contribution >= 4 is 11.8 Å². The molecule has 1 saturated carbocycles. The number of pyridine rings is 1. The van der Waals surface area contributed by atoms with Crippen LogP contribution in [0, 0.1) is 40.6 Å². The Bertz CT molecular complexity index is 1350. The minimum atomic E-state index is -1.45. The molecule has 1 aromatic carbocycles. The Morgan fingerprint density at radius 2 is 2.00 bits per heavy atom. The van der Waals surface area contributed by atoms with E-state index in [2.05, 4.69) is 21.4 Å². The van der Waals surface area contributed by atoms with Gasteiger partial charge in [0.25, 0.3) is 0 Å². The molecule has 2 saturated heterocycles. The predicted molar refractivity (Wildman–Crippen MR) is 112 cm³/mol. The second kappa shape index (κ2) is 7.78. The Labute approximate surface area is 196 Å². The number of halogens is 3. The highest BCUT2D eigenvalue weighted by Gasteiger charge is 2.70. The minimum Gasteiger partial charge on any atom is -0.442 e. The zero-order valence-corrected chi connectivity index (χ0v) is 18.1. The normalized spacial score (nSPS) is 27.0. The van der Waals surface area contributed by atoms with Crippen molar-refractivity contribution in [2.24, 2.45) is 11.8 Å². The summed E-state index contributed by atoms with van der Waals surface area (Å²) in [5, 5.41) is 17.1. The van der Waals surface area contributed by atoms with E-state index in [4.69, 9.17) is 9.47 Å². The lowest BCUT2D eigenvalue weighted by Crippen LogP contribution is -2.27. The van der Waals surface area contributed by atoms with Crippen molar-refractivity contribution < 1.29 is 27.4 Å². The molecule has 3 aromatic rings. The lowest BCUT2D eigenvalue weighted by Gasteiger charge is -2.17. The van der Waals surface area contributed by atoms with E-state index in [1.165, 1.54) is 29.2 Å². The first-order valence-electron chi connectivity index (χ1n) is 10.9. The molecule has 2 unspecified atom stereocenters. The molecule has 1 aliphatic carbocycles. The highest BCUT2D eigenvalue weighted by atomic mass is 19.2. The predicted octanol–water partition coefficient (Wildman–Crippen LogP) is 2.82. The van der Waals surface area contributed by atoms with Gasteiger partial charge >= 0.3 is 6.09 Å². The summed E-state index contributed by atoms with van der Waals surface area (Å²) in [4.78, 5) is 17.4. The summed E-state index contributed by atoms with van der Waals surface area (Å²) in [6, 6.07) is 6.02. The summed E-state index contributed by atoms with van der Waals surface area (Å²) < 4.78 is 57.2. The zero-order chi connectivity index (χ0) is 24.3. The van der Waals surface area contributed by atoms with Crippen LogP contribution >= 0.6 is 0 Å². The van der Waals surface area contributed by atoms with Crippen molar-refractivity contribution in [2.75, 3.05) is 24.7 Å². The molecule has 9 nitrogen and oxygen atoms in total. The van der Waals surface area contributed by atoms with Crippen molar-refractivity contribution in [1.29, 1.82) is 5.26 Å². The van der Waals surface area contributed by atoms with Gasteiger partial charge in [-0.1, -0.05) is 11.3 Å². The number of aromatic nitrogens is 4. The van der Waals surface area contributed by atoms with Crippen LogP contribution in [0.3, 0.4) is 0 Å². The molecule has 2 aromatic heterocycles. The van der Waals surface area contributed by atoms with Crippen molar-refractivity contribution in [3.8, 4) is 17.2 Å². The summed E-state index contributed by atoms with van der Waals surface area (Å²) >= 11 is 0. The van der Waals surface area contributed by atoms with E-state index in [-0.39, 0.29) is 30.5 Å². The summed E-state index contributed by atoms with van der Waals surface area (Å²) in [5.41, 5.74) is -1.42. The number of carbonyl (C=O) groups is 1. The highest BCUT2D eigenvalue weighted by molar-refractivity contribution is 5.90. The van der Waals surface area contributed by atoms with Gasteiger partial charge in [0.2, 0.25) is 0 Å². The standard InChI is InChI=1S/C23H17F3N6O3/c24-16-5-17(32-8-13(35-22(32)33)7-31-4-3-29-30-31)20(25)21(26)19(16)12-1-2-18(28-6-12)23(11-27)14-9-34-10-15(14)23/h1-6,13-15H,7-10H2/t13-,14?,15?,23?/m0/s1. The van der Waals surface area contributed by atoms with Gasteiger partial charge in [-0.15, -0.1) is 5.10 Å². The van der Waals surface area contributed by atoms with Gasteiger partial charge < -0.3 is 9.47 Å². The largest absolute Gasteiger partial charge is 0.442 e. The average molecular weight is 482 g/mol. The van der Waals surface area contributed by atoms with Crippen LogP contribution in [0.4, 0.5) is 23.7 Å². The molecule has 0 radical (unpaired) electrons. The lowest BCUT2D eigenvalue weighted by molar-refractivity contribution is 0.129. The third-order valence-electron chi connectivity index (χ3n) is 6.97.